The van der Waals surface area contributed by atoms with E-state index in [1.54, 1.807) is 0 Å². The zero-order valence-electron chi connectivity index (χ0n) is 11.5. The predicted octanol–water partition coefficient (Wildman–Crippen LogP) is 3.36. The smallest absolute Gasteiger partial charge is 0.0586 e. The van der Waals surface area contributed by atoms with E-state index in [1.807, 2.05) is 7.11 Å². The van der Waals surface area contributed by atoms with Gasteiger partial charge in [0.1, 0.15) is 0 Å². The molecule has 0 radical (unpaired) electrons. The summed E-state index contributed by atoms with van der Waals surface area (Å²) in [5.74, 6) is 0.837. The first-order chi connectivity index (χ1) is 7.65. The SMILES string of the molecule is CCC(C)CC(C)NC1CCCC(OC)C1. The van der Waals surface area contributed by atoms with Crippen LogP contribution >= 0.6 is 0 Å². The zero-order chi connectivity index (χ0) is 12.0. The van der Waals surface area contributed by atoms with E-state index in [2.05, 4.69) is 26.1 Å². The van der Waals surface area contributed by atoms with Crippen LogP contribution in [0.5, 0.6) is 0 Å². The summed E-state index contributed by atoms with van der Waals surface area (Å²) in [5.41, 5.74) is 0. The molecule has 4 atom stereocenters. The molecule has 4 unspecified atom stereocenters. The fraction of sp³-hybridized carbons (Fsp3) is 1.00. The molecule has 1 fully saturated rings. The van der Waals surface area contributed by atoms with Crippen molar-refractivity contribution in [2.45, 2.75) is 77.5 Å². The predicted molar refractivity (Wildman–Crippen MR) is 69.7 cm³/mol. The normalized spacial score (nSPS) is 30.0. The van der Waals surface area contributed by atoms with Gasteiger partial charge in [-0.2, -0.15) is 0 Å². The third-order valence-electron chi connectivity index (χ3n) is 3.93. The van der Waals surface area contributed by atoms with Crippen molar-refractivity contribution in [3.63, 3.8) is 0 Å². The largest absolute Gasteiger partial charge is 0.381 e. The molecule has 1 rings (SSSR count). The first kappa shape index (κ1) is 14.0. The summed E-state index contributed by atoms with van der Waals surface area (Å²) in [4.78, 5) is 0. The molecule has 0 saturated heterocycles. The number of rotatable bonds is 6. The molecule has 2 heteroatoms. The van der Waals surface area contributed by atoms with Crippen LogP contribution in [-0.2, 0) is 4.74 Å². The Bertz CT molecular complexity index is 184. The maximum Gasteiger partial charge on any atom is 0.0586 e. The van der Waals surface area contributed by atoms with Crippen molar-refractivity contribution < 1.29 is 4.74 Å². The summed E-state index contributed by atoms with van der Waals surface area (Å²) in [7, 11) is 1.84. The molecule has 0 aromatic rings. The summed E-state index contributed by atoms with van der Waals surface area (Å²) in [6.07, 6.45) is 8.15. The monoisotopic (exact) mass is 227 g/mol. The van der Waals surface area contributed by atoms with Crippen molar-refractivity contribution in [1.29, 1.82) is 0 Å². The van der Waals surface area contributed by atoms with Gasteiger partial charge in [-0.25, -0.2) is 0 Å². The molecule has 96 valence electrons. The van der Waals surface area contributed by atoms with Gasteiger partial charge in [0.15, 0.2) is 0 Å². The Labute approximate surface area is 101 Å². The number of methoxy groups -OCH3 is 1. The molecule has 1 aliphatic carbocycles. The Morgan fingerprint density at radius 3 is 2.69 bits per heavy atom. The summed E-state index contributed by atoms with van der Waals surface area (Å²) in [6.45, 7) is 6.94. The van der Waals surface area contributed by atoms with E-state index in [0.29, 0.717) is 18.2 Å². The Morgan fingerprint density at radius 1 is 1.31 bits per heavy atom. The third kappa shape index (κ3) is 4.84. The quantitative estimate of drug-likeness (QED) is 0.751. The number of hydrogen-bond donors (Lipinski definition) is 1. The van der Waals surface area contributed by atoms with Crippen molar-refractivity contribution in [1.82, 2.24) is 5.32 Å². The van der Waals surface area contributed by atoms with Gasteiger partial charge in [-0.3, -0.25) is 0 Å². The van der Waals surface area contributed by atoms with Gasteiger partial charge in [0.05, 0.1) is 6.10 Å². The van der Waals surface area contributed by atoms with Crippen molar-refractivity contribution >= 4 is 0 Å². The van der Waals surface area contributed by atoms with Crippen LogP contribution in [0.1, 0.15) is 59.3 Å². The molecule has 0 aliphatic heterocycles. The van der Waals surface area contributed by atoms with Crippen molar-refractivity contribution in [2.24, 2.45) is 5.92 Å². The highest BCUT2D eigenvalue weighted by molar-refractivity contribution is 4.80. The van der Waals surface area contributed by atoms with E-state index in [9.17, 15) is 0 Å². The minimum atomic E-state index is 0.488. The van der Waals surface area contributed by atoms with Gasteiger partial charge in [0, 0.05) is 19.2 Å². The Morgan fingerprint density at radius 2 is 2.06 bits per heavy atom. The molecule has 16 heavy (non-hydrogen) atoms. The van der Waals surface area contributed by atoms with Gasteiger partial charge in [-0.15, -0.1) is 0 Å². The van der Waals surface area contributed by atoms with E-state index in [1.165, 1.54) is 38.5 Å². The van der Waals surface area contributed by atoms with Crippen molar-refractivity contribution in [3.05, 3.63) is 0 Å². The second kappa shape index (κ2) is 7.29. The van der Waals surface area contributed by atoms with Crippen molar-refractivity contribution in [3.8, 4) is 0 Å². The summed E-state index contributed by atoms with van der Waals surface area (Å²) >= 11 is 0. The average molecular weight is 227 g/mol. The lowest BCUT2D eigenvalue weighted by Gasteiger charge is -2.31. The van der Waals surface area contributed by atoms with Gasteiger partial charge in [0.25, 0.3) is 0 Å². The van der Waals surface area contributed by atoms with Crippen LogP contribution in [-0.4, -0.2) is 25.3 Å². The second-order valence-electron chi connectivity index (χ2n) is 5.54. The van der Waals surface area contributed by atoms with E-state index in [-0.39, 0.29) is 0 Å². The minimum absolute atomic E-state index is 0.488. The van der Waals surface area contributed by atoms with Crippen LogP contribution in [0.4, 0.5) is 0 Å². The van der Waals surface area contributed by atoms with Crippen LogP contribution < -0.4 is 5.32 Å². The first-order valence-electron chi connectivity index (χ1n) is 6.94. The standard InChI is InChI=1S/C14H29NO/c1-5-11(2)9-12(3)15-13-7-6-8-14(10-13)16-4/h11-15H,5-10H2,1-4H3. The average Bonchev–Trinajstić information content (AvgIpc) is 2.28. The molecular weight excluding hydrogens is 198 g/mol. The van der Waals surface area contributed by atoms with Gasteiger partial charge in [0.2, 0.25) is 0 Å². The zero-order valence-corrected chi connectivity index (χ0v) is 11.5. The molecule has 1 saturated carbocycles. The fourth-order valence-electron chi connectivity index (χ4n) is 2.75. The summed E-state index contributed by atoms with van der Waals surface area (Å²) in [5, 5.41) is 3.77. The second-order valence-corrected chi connectivity index (χ2v) is 5.54. The summed E-state index contributed by atoms with van der Waals surface area (Å²) in [6, 6.07) is 1.33. The van der Waals surface area contributed by atoms with E-state index in [4.69, 9.17) is 4.74 Å². The van der Waals surface area contributed by atoms with Crippen molar-refractivity contribution in [2.75, 3.05) is 7.11 Å². The molecular formula is C14H29NO. The lowest BCUT2D eigenvalue weighted by molar-refractivity contribution is 0.0567. The molecule has 0 spiro atoms. The van der Waals surface area contributed by atoms with Gasteiger partial charge in [-0.1, -0.05) is 20.3 Å². The lowest BCUT2D eigenvalue weighted by Crippen LogP contribution is -2.42. The van der Waals surface area contributed by atoms with Gasteiger partial charge in [-0.05, 0) is 44.9 Å². The van der Waals surface area contributed by atoms with E-state index < -0.39 is 0 Å². The molecule has 0 aromatic carbocycles. The number of nitrogens with one attached hydrogen (secondary N) is 1. The highest BCUT2D eigenvalue weighted by Crippen LogP contribution is 2.21. The minimum Gasteiger partial charge on any atom is -0.381 e. The number of ether oxygens (including phenoxy) is 1. The third-order valence-corrected chi connectivity index (χ3v) is 3.93. The Balaban J connectivity index is 2.24. The fourth-order valence-corrected chi connectivity index (χ4v) is 2.75. The highest BCUT2D eigenvalue weighted by atomic mass is 16.5. The maximum atomic E-state index is 5.47. The lowest BCUT2D eigenvalue weighted by atomic mass is 9.91. The summed E-state index contributed by atoms with van der Waals surface area (Å²) < 4.78 is 5.47. The first-order valence-corrected chi connectivity index (χ1v) is 6.94. The molecule has 0 heterocycles. The van der Waals surface area contributed by atoms with E-state index in [0.717, 1.165) is 5.92 Å². The topological polar surface area (TPSA) is 21.3 Å². The van der Waals surface area contributed by atoms with Crippen LogP contribution in [0.15, 0.2) is 0 Å². The van der Waals surface area contributed by atoms with Crippen LogP contribution in [0.2, 0.25) is 0 Å². The molecule has 1 N–H and O–H groups in total. The highest BCUT2D eigenvalue weighted by Gasteiger charge is 2.22. The van der Waals surface area contributed by atoms with Crippen LogP contribution in [0, 0.1) is 5.92 Å². The van der Waals surface area contributed by atoms with Crippen LogP contribution in [0.25, 0.3) is 0 Å². The van der Waals surface area contributed by atoms with Gasteiger partial charge >= 0.3 is 0 Å². The molecule has 0 amide bonds. The molecule has 0 bridgehead atoms. The van der Waals surface area contributed by atoms with Crippen LogP contribution in [0.3, 0.4) is 0 Å². The Kier molecular flexibility index (Phi) is 6.37. The van der Waals surface area contributed by atoms with Gasteiger partial charge < -0.3 is 10.1 Å². The maximum absolute atomic E-state index is 5.47. The molecule has 1 aliphatic rings. The Hall–Kier alpha value is -0.0800. The van der Waals surface area contributed by atoms with E-state index >= 15 is 0 Å². The molecule has 2 nitrogen and oxygen atoms in total. The molecule has 0 aromatic heterocycles. The number of hydrogen-bond acceptors (Lipinski definition) is 2.